The van der Waals surface area contributed by atoms with Crippen LogP contribution in [0.2, 0.25) is 5.02 Å². The molecule has 0 spiro atoms. The van der Waals surface area contributed by atoms with Crippen LogP contribution >= 0.6 is 11.6 Å². The number of piperidine rings is 1. The van der Waals surface area contributed by atoms with E-state index in [1.807, 2.05) is 12.1 Å². The van der Waals surface area contributed by atoms with Gasteiger partial charge in [-0.05, 0) is 38.8 Å². The fourth-order valence-corrected chi connectivity index (χ4v) is 2.65. The van der Waals surface area contributed by atoms with Gasteiger partial charge >= 0.3 is 6.03 Å². The highest BCUT2D eigenvalue weighted by Gasteiger charge is 2.22. The summed E-state index contributed by atoms with van der Waals surface area (Å²) in [6, 6.07) is 7.89. The molecule has 0 unspecified atom stereocenters. The zero-order valence-corrected chi connectivity index (χ0v) is 12.8. The van der Waals surface area contributed by atoms with Gasteiger partial charge in [0, 0.05) is 25.2 Å². The Morgan fingerprint density at radius 1 is 1.30 bits per heavy atom. The summed E-state index contributed by atoms with van der Waals surface area (Å²) >= 11 is 6.02. The number of benzene rings is 1. The third-order valence-corrected chi connectivity index (χ3v) is 4.05. The Morgan fingerprint density at radius 2 is 1.95 bits per heavy atom. The van der Waals surface area contributed by atoms with Crippen LogP contribution in [0.4, 0.5) is 10.5 Å². The monoisotopic (exact) mass is 295 g/mol. The molecule has 0 atom stereocenters. The van der Waals surface area contributed by atoms with E-state index in [4.69, 9.17) is 11.6 Å². The number of likely N-dealkylation sites (tertiary alicyclic amines) is 1. The van der Waals surface area contributed by atoms with Crippen molar-refractivity contribution < 1.29 is 4.79 Å². The molecule has 5 heteroatoms. The van der Waals surface area contributed by atoms with Crippen LogP contribution in [-0.4, -0.2) is 36.1 Å². The lowest BCUT2D eigenvalue weighted by atomic mass is 10.0. The number of nitrogens with one attached hydrogen (secondary N) is 2. The Kier molecular flexibility index (Phi) is 5.26. The number of hydrogen-bond acceptors (Lipinski definition) is 2. The molecule has 1 fully saturated rings. The van der Waals surface area contributed by atoms with Gasteiger partial charge in [-0.25, -0.2) is 4.79 Å². The first-order valence-electron chi connectivity index (χ1n) is 7.12. The number of urea groups is 1. The summed E-state index contributed by atoms with van der Waals surface area (Å²) in [6.07, 6.45) is 1.99. The smallest absolute Gasteiger partial charge is 0.319 e. The predicted octanol–water partition coefficient (Wildman–Crippen LogP) is 3.33. The van der Waals surface area contributed by atoms with Crippen LogP contribution in [0.1, 0.15) is 26.7 Å². The highest BCUT2D eigenvalue weighted by atomic mass is 35.5. The van der Waals surface area contributed by atoms with Crippen molar-refractivity contribution in [2.24, 2.45) is 0 Å². The molecule has 1 aromatic carbocycles. The molecule has 110 valence electrons. The molecule has 0 bridgehead atoms. The van der Waals surface area contributed by atoms with Gasteiger partial charge in [0.15, 0.2) is 0 Å². The van der Waals surface area contributed by atoms with Crippen LogP contribution in [0.5, 0.6) is 0 Å². The second kappa shape index (κ2) is 6.95. The van der Waals surface area contributed by atoms with E-state index in [-0.39, 0.29) is 12.1 Å². The fraction of sp³-hybridized carbons (Fsp3) is 0.533. The van der Waals surface area contributed by atoms with E-state index >= 15 is 0 Å². The third kappa shape index (κ3) is 4.12. The van der Waals surface area contributed by atoms with Crippen LogP contribution in [0.15, 0.2) is 24.3 Å². The van der Waals surface area contributed by atoms with Crippen molar-refractivity contribution in [3.8, 4) is 0 Å². The van der Waals surface area contributed by atoms with E-state index in [0.29, 0.717) is 16.8 Å². The highest BCUT2D eigenvalue weighted by Crippen LogP contribution is 2.20. The Hall–Kier alpha value is -1.26. The second-order valence-electron chi connectivity index (χ2n) is 5.48. The number of carbonyl (C=O) groups is 1. The number of para-hydroxylation sites is 1. The van der Waals surface area contributed by atoms with E-state index in [2.05, 4.69) is 29.4 Å². The maximum Gasteiger partial charge on any atom is 0.319 e. The lowest BCUT2D eigenvalue weighted by Gasteiger charge is -2.34. The van der Waals surface area contributed by atoms with Gasteiger partial charge in [-0.2, -0.15) is 0 Å². The Bertz CT molecular complexity index is 456. The topological polar surface area (TPSA) is 44.4 Å². The Labute approximate surface area is 125 Å². The van der Waals surface area contributed by atoms with E-state index in [1.54, 1.807) is 12.1 Å². The minimum absolute atomic E-state index is 0.180. The second-order valence-corrected chi connectivity index (χ2v) is 5.89. The number of carbonyl (C=O) groups excluding carboxylic acids is 1. The summed E-state index contributed by atoms with van der Waals surface area (Å²) in [4.78, 5) is 14.4. The maximum absolute atomic E-state index is 12.0. The Balaban J connectivity index is 1.80. The van der Waals surface area contributed by atoms with Gasteiger partial charge in [-0.15, -0.1) is 0 Å². The van der Waals surface area contributed by atoms with Crippen molar-refractivity contribution in [3.63, 3.8) is 0 Å². The van der Waals surface area contributed by atoms with Crippen LogP contribution in [0.3, 0.4) is 0 Å². The van der Waals surface area contributed by atoms with Crippen molar-refractivity contribution in [1.29, 1.82) is 0 Å². The van der Waals surface area contributed by atoms with Crippen molar-refractivity contribution in [3.05, 3.63) is 29.3 Å². The molecule has 1 aromatic rings. The molecule has 0 aliphatic carbocycles. The molecule has 0 aromatic heterocycles. The molecular weight excluding hydrogens is 274 g/mol. The zero-order valence-electron chi connectivity index (χ0n) is 12.0. The van der Waals surface area contributed by atoms with E-state index in [1.165, 1.54) is 0 Å². The summed E-state index contributed by atoms with van der Waals surface area (Å²) in [7, 11) is 0. The SMILES string of the molecule is CC(C)N1CCC(NC(=O)Nc2ccccc2Cl)CC1. The molecule has 0 radical (unpaired) electrons. The first kappa shape index (κ1) is 15.1. The number of rotatable bonds is 3. The summed E-state index contributed by atoms with van der Waals surface area (Å²) in [6.45, 7) is 6.49. The minimum Gasteiger partial charge on any atom is -0.335 e. The first-order valence-corrected chi connectivity index (χ1v) is 7.50. The molecular formula is C15H22ClN3O. The average molecular weight is 296 g/mol. The number of nitrogens with zero attached hydrogens (tertiary/aromatic N) is 1. The molecule has 1 aliphatic heterocycles. The zero-order chi connectivity index (χ0) is 14.5. The standard InChI is InChI=1S/C15H22ClN3O/c1-11(2)19-9-7-12(8-10-19)17-15(20)18-14-6-4-3-5-13(14)16/h3-6,11-12H,7-10H2,1-2H3,(H2,17,18,20). The number of anilines is 1. The molecule has 2 rings (SSSR count). The van der Waals surface area contributed by atoms with Crippen LogP contribution in [-0.2, 0) is 0 Å². The maximum atomic E-state index is 12.0. The van der Waals surface area contributed by atoms with Gasteiger partial charge in [-0.1, -0.05) is 23.7 Å². The minimum atomic E-state index is -0.180. The fourth-order valence-electron chi connectivity index (χ4n) is 2.47. The van der Waals surface area contributed by atoms with Gasteiger partial charge in [0.2, 0.25) is 0 Å². The number of hydrogen-bond donors (Lipinski definition) is 2. The lowest BCUT2D eigenvalue weighted by Crippen LogP contribution is -2.47. The normalized spacial score (nSPS) is 17.2. The number of amides is 2. The lowest BCUT2D eigenvalue weighted by molar-refractivity contribution is 0.163. The molecule has 0 saturated carbocycles. The average Bonchev–Trinajstić information content (AvgIpc) is 2.42. The third-order valence-electron chi connectivity index (χ3n) is 3.72. The first-order chi connectivity index (χ1) is 9.56. The largest absolute Gasteiger partial charge is 0.335 e. The van der Waals surface area contributed by atoms with Crippen LogP contribution < -0.4 is 10.6 Å². The van der Waals surface area contributed by atoms with E-state index in [0.717, 1.165) is 25.9 Å². The highest BCUT2D eigenvalue weighted by molar-refractivity contribution is 6.33. The summed E-state index contributed by atoms with van der Waals surface area (Å²) in [5.41, 5.74) is 0.645. The van der Waals surface area contributed by atoms with Crippen molar-refractivity contribution in [2.45, 2.75) is 38.8 Å². The summed E-state index contributed by atoms with van der Waals surface area (Å²) in [5, 5.41) is 6.37. The quantitative estimate of drug-likeness (QED) is 0.898. The molecule has 1 aliphatic rings. The van der Waals surface area contributed by atoms with Gasteiger partial charge in [-0.3, -0.25) is 0 Å². The molecule has 2 N–H and O–H groups in total. The Morgan fingerprint density at radius 3 is 2.55 bits per heavy atom. The summed E-state index contributed by atoms with van der Waals surface area (Å²) in [5.74, 6) is 0. The molecule has 2 amide bonds. The molecule has 20 heavy (non-hydrogen) atoms. The van der Waals surface area contributed by atoms with E-state index < -0.39 is 0 Å². The molecule has 4 nitrogen and oxygen atoms in total. The van der Waals surface area contributed by atoms with E-state index in [9.17, 15) is 4.79 Å². The van der Waals surface area contributed by atoms with Crippen LogP contribution in [0.25, 0.3) is 0 Å². The van der Waals surface area contributed by atoms with Crippen molar-refractivity contribution in [2.75, 3.05) is 18.4 Å². The van der Waals surface area contributed by atoms with Gasteiger partial charge in [0.05, 0.1) is 10.7 Å². The number of halogens is 1. The van der Waals surface area contributed by atoms with Crippen molar-refractivity contribution >= 4 is 23.3 Å². The van der Waals surface area contributed by atoms with Crippen LogP contribution in [0, 0.1) is 0 Å². The summed E-state index contributed by atoms with van der Waals surface area (Å²) < 4.78 is 0. The van der Waals surface area contributed by atoms with Gasteiger partial charge < -0.3 is 15.5 Å². The van der Waals surface area contributed by atoms with Gasteiger partial charge in [0.25, 0.3) is 0 Å². The van der Waals surface area contributed by atoms with Crippen molar-refractivity contribution in [1.82, 2.24) is 10.2 Å². The predicted molar refractivity (Wildman–Crippen MR) is 83.3 cm³/mol. The molecule has 1 saturated heterocycles. The van der Waals surface area contributed by atoms with Gasteiger partial charge in [0.1, 0.15) is 0 Å². The molecule has 1 heterocycles.